The first-order chi connectivity index (χ1) is 13.4. The summed E-state index contributed by atoms with van der Waals surface area (Å²) >= 11 is 0. The molecule has 1 fully saturated rings. The Kier molecular flexibility index (Phi) is 6.34. The van der Waals surface area contributed by atoms with Crippen molar-refractivity contribution in [3.63, 3.8) is 0 Å². The minimum absolute atomic E-state index is 0.00191. The van der Waals surface area contributed by atoms with Crippen LogP contribution in [0.2, 0.25) is 0 Å². The number of hydrogen-bond donors (Lipinski definition) is 0. The Morgan fingerprint density at radius 1 is 1.04 bits per heavy atom. The minimum Gasteiger partial charge on any atom is -0.490 e. The quantitative estimate of drug-likeness (QED) is 0.711. The molecule has 0 unspecified atom stereocenters. The first-order valence-corrected chi connectivity index (χ1v) is 9.68. The molecule has 1 aliphatic heterocycles. The molecule has 28 heavy (non-hydrogen) atoms. The molecule has 0 saturated carbocycles. The highest BCUT2D eigenvalue weighted by Gasteiger charge is 2.24. The van der Waals surface area contributed by atoms with Crippen molar-refractivity contribution >= 4 is 11.7 Å². The van der Waals surface area contributed by atoms with Crippen molar-refractivity contribution in [3.8, 4) is 11.5 Å². The van der Waals surface area contributed by atoms with E-state index in [1.165, 1.54) is 12.5 Å². The van der Waals surface area contributed by atoms with Crippen LogP contribution in [-0.2, 0) is 4.79 Å². The molecular formula is C23H27NO4. The molecule has 0 aromatic heterocycles. The number of nitrogens with zero attached hydrogens (tertiary/aromatic N) is 1. The van der Waals surface area contributed by atoms with Gasteiger partial charge >= 0.3 is 0 Å². The lowest BCUT2D eigenvalue weighted by Gasteiger charge is -2.32. The van der Waals surface area contributed by atoms with Crippen LogP contribution < -0.4 is 9.47 Å². The van der Waals surface area contributed by atoms with E-state index in [2.05, 4.69) is 25.1 Å². The van der Waals surface area contributed by atoms with Crippen LogP contribution in [0.5, 0.6) is 11.5 Å². The summed E-state index contributed by atoms with van der Waals surface area (Å²) in [7, 11) is 0. The first kappa shape index (κ1) is 19.9. The topological polar surface area (TPSA) is 55.8 Å². The average molecular weight is 381 g/mol. The third kappa shape index (κ3) is 5.12. The van der Waals surface area contributed by atoms with E-state index in [4.69, 9.17) is 9.47 Å². The molecule has 148 valence electrons. The lowest BCUT2D eigenvalue weighted by Crippen LogP contribution is -2.43. The first-order valence-electron chi connectivity index (χ1n) is 9.68. The zero-order valence-electron chi connectivity index (χ0n) is 16.7. The van der Waals surface area contributed by atoms with Crippen LogP contribution in [-0.4, -0.2) is 42.4 Å². The zero-order valence-corrected chi connectivity index (χ0v) is 16.7. The number of carbonyl (C=O) groups is 2. The third-order valence-corrected chi connectivity index (χ3v) is 5.06. The third-order valence-electron chi connectivity index (χ3n) is 5.06. The van der Waals surface area contributed by atoms with Gasteiger partial charge in [-0.3, -0.25) is 9.59 Å². The molecule has 1 saturated heterocycles. The smallest absolute Gasteiger partial charge is 0.260 e. The van der Waals surface area contributed by atoms with Gasteiger partial charge in [-0.2, -0.15) is 0 Å². The molecule has 1 aliphatic rings. The molecule has 2 aromatic rings. The highest BCUT2D eigenvalue weighted by atomic mass is 16.5. The fraction of sp³-hybridized carbons (Fsp3) is 0.391. The summed E-state index contributed by atoms with van der Waals surface area (Å²) in [5.41, 5.74) is 2.94. The molecular weight excluding hydrogens is 354 g/mol. The monoisotopic (exact) mass is 381 g/mol. The maximum absolute atomic E-state index is 12.4. The Bertz CT molecular complexity index is 836. The number of ketones is 1. The number of hydrogen-bond acceptors (Lipinski definition) is 4. The van der Waals surface area contributed by atoms with Gasteiger partial charge in [-0.05, 0) is 62.2 Å². The van der Waals surface area contributed by atoms with E-state index in [9.17, 15) is 9.59 Å². The Morgan fingerprint density at radius 2 is 1.71 bits per heavy atom. The summed E-state index contributed by atoms with van der Waals surface area (Å²) in [5, 5.41) is 0. The summed E-state index contributed by atoms with van der Waals surface area (Å²) in [4.78, 5) is 25.5. The van der Waals surface area contributed by atoms with E-state index in [0.717, 1.165) is 24.2 Å². The predicted molar refractivity (Wildman–Crippen MR) is 108 cm³/mol. The highest BCUT2D eigenvalue weighted by Crippen LogP contribution is 2.24. The Hall–Kier alpha value is -2.82. The minimum atomic E-state index is -0.0270. The van der Waals surface area contributed by atoms with Crippen molar-refractivity contribution in [1.29, 1.82) is 0 Å². The second kappa shape index (κ2) is 8.91. The molecule has 0 spiro atoms. The van der Waals surface area contributed by atoms with Crippen molar-refractivity contribution in [2.45, 2.75) is 39.7 Å². The number of amides is 1. The van der Waals surface area contributed by atoms with Crippen LogP contribution in [0.4, 0.5) is 0 Å². The van der Waals surface area contributed by atoms with E-state index in [1.54, 1.807) is 24.3 Å². The molecule has 0 N–H and O–H groups in total. The fourth-order valence-corrected chi connectivity index (χ4v) is 3.26. The number of Topliss-reactive ketones (excluding diaryl/α,β-unsaturated/α-hetero) is 1. The number of ether oxygens (including phenoxy) is 2. The van der Waals surface area contributed by atoms with Crippen molar-refractivity contribution in [2.24, 2.45) is 0 Å². The van der Waals surface area contributed by atoms with Crippen LogP contribution >= 0.6 is 0 Å². The summed E-state index contributed by atoms with van der Waals surface area (Å²) < 4.78 is 11.7. The molecule has 0 radical (unpaired) electrons. The van der Waals surface area contributed by atoms with Gasteiger partial charge in [0.15, 0.2) is 12.4 Å². The van der Waals surface area contributed by atoms with Crippen LogP contribution in [0, 0.1) is 13.8 Å². The van der Waals surface area contributed by atoms with E-state index < -0.39 is 0 Å². The van der Waals surface area contributed by atoms with Crippen molar-refractivity contribution < 1.29 is 19.1 Å². The summed E-state index contributed by atoms with van der Waals surface area (Å²) in [6.45, 7) is 6.96. The number of piperidine rings is 1. The van der Waals surface area contributed by atoms with E-state index in [1.807, 2.05) is 11.8 Å². The zero-order chi connectivity index (χ0) is 20.1. The van der Waals surface area contributed by atoms with E-state index in [0.29, 0.717) is 24.4 Å². The number of aryl methyl sites for hydroxylation is 2. The molecule has 5 heteroatoms. The van der Waals surface area contributed by atoms with Crippen molar-refractivity contribution in [3.05, 3.63) is 59.2 Å². The average Bonchev–Trinajstić information content (AvgIpc) is 2.70. The predicted octanol–water partition coefficient (Wildman–Crippen LogP) is 3.95. The van der Waals surface area contributed by atoms with Crippen molar-refractivity contribution in [2.75, 3.05) is 19.7 Å². The van der Waals surface area contributed by atoms with Gasteiger partial charge in [0.1, 0.15) is 17.6 Å². The number of rotatable bonds is 6. The van der Waals surface area contributed by atoms with Gasteiger partial charge in [-0.25, -0.2) is 0 Å². The van der Waals surface area contributed by atoms with Gasteiger partial charge in [0.25, 0.3) is 5.91 Å². The molecule has 0 atom stereocenters. The Balaban J connectivity index is 1.45. The maximum atomic E-state index is 12.4. The maximum Gasteiger partial charge on any atom is 0.260 e. The molecule has 3 rings (SSSR count). The van der Waals surface area contributed by atoms with Gasteiger partial charge in [-0.15, -0.1) is 0 Å². The Morgan fingerprint density at radius 3 is 2.36 bits per heavy atom. The fourth-order valence-electron chi connectivity index (χ4n) is 3.26. The van der Waals surface area contributed by atoms with E-state index in [-0.39, 0.29) is 24.4 Å². The second-order valence-electron chi connectivity index (χ2n) is 7.34. The molecule has 0 bridgehead atoms. The van der Waals surface area contributed by atoms with Crippen LogP contribution in [0.1, 0.15) is 41.3 Å². The molecule has 1 amide bonds. The van der Waals surface area contributed by atoms with Gasteiger partial charge in [0.05, 0.1) is 0 Å². The van der Waals surface area contributed by atoms with Gasteiger partial charge < -0.3 is 14.4 Å². The number of benzene rings is 2. The van der Waals surface area contributed by atoms with Gasteiger partial charge in [0, 0.05) is 31.5 Å². The Labute approximate surface area is 166 Å². The van der Waals surface area contributed by atoms with Crippen LogP contribution in [0.25, 0.3) is 0 Å². The SMILES string of the molecule is CC(=O)c1ccc(OCC(=O)N2CCC(Oc3cc(C)ccc3C)CC2)cc1. The van der Waals surface area contributed by atoms with Crippen molar-refractivity contribution in [1.82, 2.24) is 4.90 Å². The standard InChI is InChI=1S/C23H27NO4/c1-16-4-5-17(2)22(14-16)28-21-10-12-24(13-11-21)23(26)15-27-20-8-6-19(7-9-20)18(3)25/h4-9,14,21H,10-13,15H2,1-3H3. The molecule has 0 aliphatic carbocycles. The van der Waals surface area contributed by atoms with E-state index >= 15 is 0 Å². The van der Waals surface area contributed by atoms with Gasteiger partial charge in [-0.1, -0.05) is 12.1 Å². The molecule has 1 heterocycles. The summed E-state index contributed by atoms with van der Waals surface area (Å²) in [6, 6.07) is 13.1. The second-order valence-corrected chi connectivity index (χ2v) is 7.34. The van der Waals surface area contributed by atoms with Crippen LogP contribution in [0.15, 0.2) is 42.5 Å². The summed E-state index contributed by atoms with van der Waals surface area (Å²) in [6.07, 6.45) is 1.75. The molecule has 5 nitrogen and oxygen atoms in total. The highest BCUT2D eigenvalue weighted by molar-refractivity contribution is 5.94. The van der Waals surface area contributed by atoms with Gasteiger partial charge in [0.2, 0.25) is 0 Å². The largest absolute Gasteiger partial charge is 0.490 e. The normalized spacial score (nSPS) is 14.6. The summed E-state index contributed by atoms with van der Waals surface area (Å²) in [5.74, 6) is 1.50. The van der Waals surface area contributed by atoms with Crippen LogP contribution in [0.3, 0.4) is 0 Å². The lowest BCUT2D eigenvalue weighted by atomic mass is 10.1. The number of carbonyl (C=O) groups excluding carboxylic acids is 2. The number of likely N-dealkylation sites (tertiary alicyclic amines) is 1. The lowest BCUT2D eigenvalue weighted by molar-refractivity contribution is -0.135. The molecule has 2 aromatic carbocycles.